The maximum absolute atomic E-state index is 14.0. The summed E-state index contributed by atoms with van der Waals surface area (Å²) >= 11 is 0. The average molecular weight is 644 g/mol. The number of halogens is 6. The van der Waals surface area contributed by atoms with E-state index in [1.165, 1.54) is 0 Å². The highest BCUT2D eigenvalue weighted by Crippen LogP contribution is 2.40. The number of amides is 2. The normalized spacial score (nSPS) is 14.0. The van der Waals surface area contributed by atoms with E-state index >= 15 is 0 Å². The fourth-order valence-electron chi connectivity index (χ4n) is 5.94. The lowest BCUT2D eigenvalue weighted by molar-refractivity contribution is -0.143. The van der Waals surface area contributed by atoms with Crippen molar-refractivity contribution >= 4 is 11.7 Å². The van der Waals surface area contributed by atoms with Crippen LogP contribution in [0.15, 0.2) is 60.7 Å². The average Bonchev–Trinajstić information content (AvgIpc) is 3.33. The highest BCUT2D eigenvalue weighted by Gasteiger charge is 2.39. The van der Waals surface area contributed by atoms with Gasteiger partial charge in [-0.15, -0.1) is 0 Å². The zero-order valence-electron chi connectivity index (χ0n) is 25.7. The van der Waals surface area contributed by atoms with E-state index in [9.17, 15) is 31.1 Å². The number of fused-ring (bicyclic) bond motifs is 1. The number of anilines is 1. The number of para-hydroxylation sites is 1. The molecule has 0 bridgehead atoms. The third-order valence-electron chi connectivity index (χ3n) is 8.20. The van der Waals surface area contributed by atoms with Gasteiger partial charge in [-0.05, 0) is 66.6 Å². The zero-order valence-corrected chi connectivity index (χ0v) is 25.7. The highest BCUT2D eigenvalue weighted by molar-refractivity contribution is 5.88. The highest BCUT2D eigenvalue weighted by atomic mass is 19.4. The molecule has 46 heavy (non-hydrogen) atoms. The quantitative estimate of drug-likeness (QED) is 0.189. The maximum Gasteiger partial charge on any atom is 0.416 e. The summed E-state index contributed by atoms with van der Waals surface area (Å²) in [6, 6.07) is 14.2. The first-order valence-corrected chi connectivity index (χ1v) is 15.0. The maximum atomic E-state index is 14.0. The van der Waals surface area contributed by atoms with E-state index in [0.717, 1.165) is 58.2 Å². The Hall–Kier alpha value is -4.32. The summed E-state index contributed by atoms with van der Waals surface area (Å²) in [4.78, 5) is 13.2. The molecule has 4 aromatic rings. The summed E-state index contributed by atoms with van der Waals surface area (Å²) < 4.78 is 83.6. The summed E-state index contributed by atoms with van der Waals surface area (Å²) in [6.45, 7) is 6.74. The number of carbonyl (C=O) groups is 1. The van der Waals surface area contributed by atoms with Crippen molar-refractivity contribution in [3.63, 3.8) is 0 Å². The number of urea groups is 1. The molecule has 244 valence electrons. The second kappa shape index (κ2) is 12.8. The molecule has 0 saturated heterocycles. The molecule has 1 aromatic heterocycles. The van der Waals surface area contributed by atoms with E-state index < -0.39 is 29.5 Å². The number of benzene rings is 3. The van der Waals surface area contributed by atoms with Crippen molar-refractivity contribution in [3.05, 3.63) is 99.7 Å². The van der Waals surface area contributed by atoms with Gasteiger partial charge in [0.2, 0.25) is 0 Å². The van der Waals surface area contributed by atoms with Gasteiger partial charge in [0.25, 0.3) is 0 Å². The minimum Gasteiger partial charge on any atom is -0.351 e. The van der Waals surface area contributed by atoms with Crippen LogP contribution >= 0.6 is 0 Å². The lowest BCUT2D eigenvalue weighted by Crippen LogP contribution is -2.31. The van der Waals surface area contributed by atoms with Crippen molar-refractivity contribution in [2.24, 2.45) is 11.7 Å². The number of nitrogens with two attached hydrogens (primary N) is 1. The minimum absolute atomic E-state index is 0.187. The van der Waals surface area contributed by atoms with Gasteiger partial charge >= 0.3 is 18.4 Å². The van der Waals surface area contributed by atoms with Crippen LogP contribution in [0.2, 0.25) is 0 Å². The van der Waals surface area contributed by atoms with Gasteiger partial charge < -0.3 is 11.1 Å². The molecular formula is C34H35F6N5O. The van der Waals surface area contributed by atoms with Crippen molar-refractivity contribution in [2.75, 3.05) is 11.9 Å². The molecule has 0 aliphatic carbocycles. The minimum atomic E-state index is -4.95. The first kappa shape index (κ1) is 33.1. The molecule has 0 unspecified atom stereocenters. The van der Waals surface area contributed by atoms with Crippen molar-refractivity contribution in [2.45, 2.75) is 65.5 Å². The van der Waals surface area contributed by atoms with E-state index in [2.05, 4.69) is 25.2 Å². The van der Waals surface area contributed by atoms with Crippen LogP contribution < -0.4 is 11.1 Å². The van der Waals surface area contributed by atoms with Crippen LogP contribution in [0.4, 0.5) is 36.8 Å². The van der Waals surface area contributed by atoms with Gasteiger partial charge in [0.05, 0.1) is 28.2 Å². The largest absolute Gasteiger partial charge is 0.416 e. The third-order valence-corrected chi connectivity index (χ3v) is 8.20. The molecule has 2 amide bonds. The summed E-state index contributed by atoms with van der Waals surface area (Å²) in [7, 11) is 0. The van der Waals surface area contributed by atoms with E-state index in [-0.39, 0.29) is 24.7 Å². The molecule has 1 aliphatic heterocycles. The van der Waals surface area contributed by atoms with Crippen LogP contribution in [0.1, 0.15) is 59.3 Å². The van der Waals surface area contributed by atoms with Gasteiger partial charge in [-0.25, -0.2) is 9.48 Å². The van der Waals surface area contributed by atoms with E-state index in [4.69, 9.17) is 10.8 Å². The summed E-state index contributed by atoms with van der Waals surface area (Å²) in [5.41, 5.74) is 9.11. The van der Waals surface area contributed by atoms with Crippen LogP contribution in [0, 0.1) is 12.8 Å². The van der Waals surface area contributed by atoms with Crippen molar-refractivity contribution in [1.82, 2.24) is 14.7 Å². The van der Waals surface area contributed by atoms with Crippen LogP contribution in [0.25, 0.3) is 16.9 Å². The number of hydrogen-bond donors (Lipinski definition) is 2. The fourth-order valence-corrected chi connectivity index (χ4v) is 5.94. The standard InChI is InChI=1S/C34H35F6N5O/c1-20(2)7-8-22-6-4-5-21(3)30(22)45-31(23-10-13-26(14-11-23)42-32(41)46)27-19-44(16-15-29(27)43-45)18-24-9-12-25(33(35,36)37)17-28(24)34(38,39)40/h4-6,9-14,17,20H,7-8,15-16,18-19H2,1-3H3,(H3,41,42,46). The summed E-state index contributed by atoms with van der Waals surface area (Å²) in [5, 5.41) is 7.59. The number of primary amides is 1. The fraction of sp³-hybridized carbons (Fsp3) is 0.353. The Morgan fingerprint density at radius 2 is 1.70 bits per heavy atom. The summed E-state index contributed by atoms with van der Waals surface area (Å²) in [5.74, 6) is 0.476. The number of carbonyl (C=O) groups excluding carboxylic acids is 1. The number of rotatable bonds is 8. The lowest BCUT2D eigenvalue weighted by atomic mass is 9.97. The van der Waals surface area contributed by atoms with E-state index in [0.29, 0.717) is 30.6 Å². The molecule has 0 saturated carbocycles. The molecule has 5 rings (SSSR count). The zero-order chi connectivity index (χ0) is 33.4. The number of alkyl halides is 6. The van der Waals surface area contributed by atoms with Gasteiger partial charge in [-0.2, -0.15) is 31.4 Å². The topological polar surface area (TPSA) is 76.2 Å². The first-order chi connectivity index (χ1) is 21.6. The van der Waals surface area contributed by atoms with Gasteiger partial charge in [-0.1, -0.05) is 50.2 Å². The Balaban J connectivity index is 1.59. The third kappa shape index (κ3) is 7.22. The van der Waals surface area contributed by atoms with Gasteiger partial charge in [0.1, 0.15) is 0 Å². The Morgan fingerprint density at radius 1 is 0.978 bits per heavy atom. The smallest absolute Gasteiger partial charge is 0.351 e. The number of nitrogens with one attached hydrogen (secondary N) is 1. The van der Waals surface area contributed by atoms with Gasteiger partial charge in [0.15, 0.2) is 0 Å². The lowest BCUT2D eigenvalue weighted by Gasteiger charge is -2.28. The van der Waals surface area contributed by atoms with Crippen molar-refractivity contribution in [3.8, 4) is 16.9 Å². The molecule has 1 aliphatic rings. The Morgan fingerprint density at radius 3 is 2.33 bits per heavy atom. The molecule has 6 nitrogen and oxygen atoms in total. The van der Waals surface area contributed by atoms with Crippen molar-refractivity contribution in [1.29, 1.82) is 0 Å². The van der Waals surface area contributed by atoms with Crippen molar-refractivity contribution < 1.29 is 31.1 Å². The Bertz CT molecular complexity index is 1720. The Labute approximate surface area is 263 Å². The molecule has 12 heteroatoms. The monoisotopic (exact) mass is 643 g/mol. The summed E-state index contributed by atoms with van der Waals surface area (Å²) in [6.07, 6.45) is -7.63. The van der Waals surface area contributed by atoms with Crippen LogP contribution in [0.3, 0.4) is 0 Å². The second-order valence-electron chi connectivity index (χ2n) is 12.1. The molecular weight excluding hydrogens is 608 g/mol. The van der Waals surface area contributed by atoms with E-state index in [1.807, 2.05) is 35.9 Å². The molecule has 3 N–H and O–H groups in total. The number of aromatic nitrogens is 2. The molecule has 0 atom stereocenters. The number of hydrogen-bond acceptors (Lipinski definition) is 3. The molecule has 0 radical (unpaired) electrons. The number of nitrogens with zero attached hydrogens (tertiary/aromatic N) is 3. The predicted octanol–water partition coefficient (Wildman–Crippen LogP) is 8.52. The van der Waals surface area contributed by atoms with E-state index in [1.54, 1.807) is 17.0 Å². The van der Waals surface area contributed by atoms with Crippen LogP contribution in [0.5, 0.6) is 0 Å². The molecule has 2 heterocycles. The number of aryl methyl sites for hydroxylation is 2. The first-order valence-electron chi connectivity index (χ1n) is 15.0. The van der Waals surface area contributed by atoms with Gasteiger partial charge in [0, 0.05) is 42.9 Å². The van der Waals surface area contributed by atoms with Gasteiger partial charge in [-0.3, -0.25) is 4.90 Å². The van der Waals surface area contributed by atoms with Crippen LogP contribution in [-0.2, 0) is 38.3 Å². The molecule has 0 fully saturated rings. The van der Waals surface area contributed by atoms with Crippen LogP contribution in [-0.4, -0.2) is 27.3 Å². The predicted molar refractivity (Wildman–Crippen MR) is 164 cm³/mol. The Kier molecular flexibility index (Phi) is 9.21. The molecule has 3 aromatic carbocycles. The molecule has 0 spiro atoms. The second-order valence-corrected chi connectivity index (χ2v) is 12.1. The SMILES string of the molecule is Cc1cccc(CCC(C)C)c1-n1nc2c(c1-c1ccc(NC(N)=O)cc1)CN(Cc1ccc(C(F)(F)F)cc1C(F)(F)F)CC2.